The zero-order valence-electron chi connectivity index (χ0n) is 11.9. The van der Waals surface area contributed by atoms with E-state index in [-0.39, 0.29) is 25.8 Å². The predicted octanol–water partition coefficient (Wildman–Crippen LogP) is 2.61. The first-order chi connectivity index (χ1) is 10.2. The van der Waals surface area contributed by atoms with Gasteiger partial charge in [0.05, 0.1) is 0 Å². The van der Waals surface area contributed by atoms with Crippen molar-refractivity contribution in [3.05, 3.63) is 79.5 Å². The summed E-state index contributed by atoms with van der Waals surface area (Å²) in [5.74, 6) is -0.990. The minimum Gasteiger partial charge on any atom is -0.510 e. The van der Waals surface area contributed by atoms with E-state index < -0.39 is 5.97 Å². The van der Waals surface area contributed by atoms with Gasteiger partial charge in [0.25, 0.3) is 0 Å². The van der Waals surface area contributed by atoms with Crippen LogP contribution in [0.4, 0.5) is 5.69 Å². The van der Waals surface area contributed by atoms with Crippen LogP contribution in [0.2, 0.25) is 0 Å². The summed E-state index contributed by atoms with van der Waals surface area (Å²) in [6.07, 6.45) is 5.45. The summed E-state index contributed by atoms with van der Waals surface area (Å²) < 4.78 is 0. The molecule has 1 aliphatic rings. The van der Waals surface area contributed by atoms with Crippen LogP contribution in [0.3, 0.4) is 0 Å². The summed E-state index contributed by atoms with van der Waals surface area (Å²) in [5.41, 5.74) is 1.15. The molecule has 5 nitrogen and oxygen atoms in total. The molecule has 0 unspecified atom stereocenters. The summed E-state index contributed by atoms with van der Waals surface area (Å²) in [7, 11) is 2.00. The molecule has 1 aromatic heterocycles. The average molecular weight is 474 g/mol. The Labute approximate surface area is 143 Å². The molecule has 6 heteroatoms. The zero-order valence-corrected chi connectivity index (χ0v) is 14.3. The number of para-hydroxylation sites is 1. The van der Waals surface area contributed by atoms with Gasteiger partial charge in [0, 0.05) is 26.3 Å². The molecule has 0 spiro atoms. The van der Waals surface area contributed by atoms with Gasteiger partial charge >= 0.3 is 5.97 Å². The molecule has 3 rings (SSSR count). The molecule has 22 heavy (non-hydrogen) atoms. The van der Waals surface area contributed by atoms with E-state index in [1.54, 1.807) is 12.1 Å². The van der Waals surface area contributed by atoms with E-state index in [1.165, 1.54) is 12.3 Å². The van der Waals surface area contributed by atoms with Gasteiger partial charge in [-0.25, -0.2) is 9.78 Å². The van der Waals surface area contributed by atoms with E-state index in [0.29, 0.717) is 0 Å². The fraction of sp³-hybridized carbons (Fsp3) is 0.0625. The molecule has 0 saturated heterocycles. The number of carbonyl (C=O) groups is 1. The molecule has 0 saturated carbocycles. The smallest absolute Gasteiger partial charge is 0.354 e. The second-order valence-corrected chi connectivity index (χ2v) is 4.25. The minimum atomic E-state index is -0.990. The molecular formula is C16H15IrN3O2-2. The van der Waals surface area contributed by atoms with E-state index >= 15 is 0 Å². The molecule has 1 radical (unpaired) electrons. The molecular weight excluding hydrogens is 458 g/mol. The van der Waals surface area contributed by atoms with E-state index in [4.69, 9.17) is 5.11 Å². The molecule has 2 aromatic rings. The van der Waals surface area contributed by atoms with Crippen LogP contribution in [-0.4, -0.2) is 28.0 Å². The van der Waals surface area contributed by atoms with Gasteiger partial charge in [-0.2, -0.15) is 37.0 Å². The number of rotatable bonds is 2. The number of aromatic nitrogens is 1. The van der Waals surface area contributed by atoms with Gasteiger partial charge in [-0.15, -0.1) is 5.69 Å². The van der Waals surface area contributed by atoms with Gasteiger partial charge in [-0.05, 0) is 31.6 Å². The van der Waals surface area contributed by atoms with Crippen molar-refractivity contribution in [2.75, 3.05) is 11.9 Å². The van der Waals surface area contributed by atoms with Crippen molar-refractivity contribution < 1.29 is 30.0 Å². The maximum Gasteiger partial charge on any atom is 0.354 e. The maximum absolute atomic E-state index is 10.1. The number of hydrogen-bond donors (Lipinski definition) is 1. The van der Waals surface area contributed by atoms with Crippen molar-refractivity contribution in [2.45, 2.75) is 0 Å². The second-order valence-electron chi connectivity index (χ2n) is 4.25. The van der Waals surface area contributed by atoms with Crippen LogP contribution in [-0.2, 0) is 20.1 Å². The van der Waals surface area contributed by atoms with Gasteiger partial charge in [0.15, 0.2) is 0 Å². The Morgan fingerprint density at radius 2 is 2.00 bits per heavy atom. The SMILES string of the molecule is CN1C=CN(c2[c-]cccc2)[CH-]1.O=C(O)c1ccccn1.[Ir]. The minimum absolute atomic E-state index is 0. The number of anilines is 1. The van der Waals surface area contributed by atoms with Gasteiger partial charge in [0.2, 0.25) is 0 Å². The van der Waals surface area contributed by atoms with Crippen molar-refractivity contribution in [1.29, 1.82) is 0 Å². The molecule has 1 aliphatic heterocycles. The van der Waals surface area contributed by atoms with E-state index in [1.807, 2.05) is 60.2 Å². The van der Waals surface area contributed by atoms with Gasteiger partial charge in [-0.3, -0.25) is 0 Å². The monoisotopic (exact) mass is 474 g/mol. The predicted molar refractivity (Wildman–Crippen MR) is 80.2 cm³/mol. The van der Waals surface area contributed by atoms with Crippen LogP contribution in [0.5, 0.6) is 0 Å². The van der Waals surface area contributed by atoms with Crippen LogP contribution >= 0.6 is 0 Å². The molecule has 2 heterocycles. The Bertz CT molecular complexity index is 605. The Kier molecular flexibility index (Phi) is 7.29. The number of carboxylic acids is 1. The van der Waals surface area contributed by atoms with Crippen molar-refractivity contribution in [1.82, 2.24) is 9.88 Å². The molecule has 1 aromatic carbocycles. The van der Waals surface area contributed by atoms with Crippen molar-refractivity contribution in [3.63, 3.8) is 0 Å². The standard InChI is InChI=1S/C10H10N2.C6H5NO2.Ir/c1-11-7-8-12(9-11)10-5-3-2-4-6-10;8-6(9)5-3-1-2-4-7-5;/h2-5,7-9H,1H3;1-4H,(H,8,9);/q-2;;. The number of hydrogen-bond acceptors (Lipinski definition) is 4. The molecule has 0 bridgehead atoms. The number of pyridine rings is 1. The third kappa shape index (κ3) is 5.31. The zero-order chi connectivity index (χ0) is 15.1. The quantitative estimate of drug-likeness (QED) is 0.680. The number of aromatic carboxylic acids is 1. The Morgan fingerprint density at radius 1 is 1.23 bits per heavy atom. The molecule has 0 aliphatic carbocycles. The van der Waals surface area contributed by atoms with E-state index in [0.717, 1.165) is 5.69 Å². The number of carboxylic acid groups (broad SMARTS) is 1. The molecule has 117 valence electrons. The Balaban J connectivity index is 0.000000219. The molecule has 0 fully saturated rings. The Hall–Kier alpha value is -2.17. The van der Waals surface area contributed by atoms with Crippen molar-refractivity contribution in [2.24, 2.45) is 0 Å². The fourth-order valence-electron chi connectivity index (χ4n) is 1.63. The van der Waals surface area contributed by atoms with Crippen molar-refractivity contribution >= 4 is 11.7 Å². The van der Waals surface area contributed by atoms with Gasteiger partial charge in [-0.1, -0.05) is 6.07 Å². The first kappa shape index (κ1) is 17.9. The average Bonchev–Trinajstić information content (AvgIpc) is 2.96. The summed E-state index contributed by atoms with van der Waals surface area (Å²) in [5, 5.41) is 8.32. The summed E-state index contributed by atoms with van der Waals surface area (Å²) in [6.45, 7) is 2.01. The van der Waals surface area contributed by atoms with Gasteiger partial charge < -0.3 is 14.9 Å². The second kappa shape index (κ2) is 8.97. The number of benzene rings is 1. The van der Waals surface area contributed by atoms with Crippen LogP contribution in [0.25, 0.3) is 0 Å². The third-order valence-electron chi connectivity index (χ3n) is 2.62. The summed E-state index contributed by atoms with van der Waals surface area (Å²) in [4.78, 5) is 17.7. The fourth-order valence-corrected chi connectivity index (χ4v) is 1.63. The van der Waals surface area contributed by atoms with E-state index in [9.17, 15) is 4.79 Å². The first-order valence-corrected chi connectivity index (χ1v) is 6.31. The molecule has 0 atom stereocenters. The van der Waals surface area contributed by atoms with Crippen molar-refractivity contribution in [3.8, 4) is 0 Å². The van der Waals surface area contributed by atoms with Crippen LogP contribution in [0.1, 0.15) is 10.5 Å². The largest absolute Gasteiger partial charge is 0.510 e. The van der Waals surface area contributed by atoms with Crippen LogP contribution in [0, 0.1) is 12.7 Å². The van der Waals surface area contributed by atoms with E-state index in [2.05, 4.69) is 11.1 Å². The summed E-state index contributed by atoms with van der Waals surface area (Å²) >= 11 is 0. The van der Waals surface area contributed by atoms with Crippen LogP contribution < -0.4 is 4.90 Å². The van der Waals surface area contributed by atoms with Crippen LogP contribution in [0.15, 0.2) is 61.1 Å². The summed E-state index contributed by atoms with van der Waals surface area (Å²) in [6, 6.07) is 15.8. The van der Waals surface area contributed by atoms with Gasteiger partial charge in [0.1, 0.15) is 5.69 Å². The number of nitrogens with zero attached hydrogens (tertiary/aromatic N) is 3. The topological polar surface area (TPSA) is 56.7 Å². The Morgan fingerprint density at radius 3 is 2.45 bits per heavy atom. The normalized spacial score (nSPS) is 12.2. The third-order valence-corrected chi connectivity index (χ3v) is 2.62. The molecule has 0 amide bonds. The molecule has 1 N–H and O–H groups in total. The maximum atomic E-state index is 10.1. The first-order valence-electron chi connectivity index (χ1n) is 6.31.